The number of nitrogens with one attached hydrogen (secondary N) is 1. The summed E-state index contributed by atoms with van der Waals surface area (Å²) in [6, 6.07) is 5.76. The van der Waals surface area contributed by atoms with Crippen molar-refractivity contribution in [2.24, 2.45) is 5.92 Å². The minimum atomic E-state index is -0.169. The number of hydrogen-bond acceptors (Lipinski definition) is 5. The van der Waals surface area contributed by atoms with E-state index in [0.717, 1.165) is 22.7 Å². The Labute approximate surface area is 157 Å². The molecule has 0 saturated carbocycles. The summed E-state index contributed by atoms with van der Waals surface area (Å²) in [5.74, 6) is 0.953. The Morgan fingerprint density at radius 1 is 1.42 bits per heavy atom. The van der Waals surface area contributed by atoms with Crippen molar-refractivity contribution in [3.63, 3.8) is 0 Å². The standard InChI is InChI=1S/C19H23N3O3S/c1-12(2)6-7-20-19(24)14-11-26-17(21-14)9-22-15-8-13(3)4-5-16(15)25-10-18(22)23/h4-5,8,11-12H,6-7,9-10H2,1-3H3,(H,20,24). The number of carbonyl (C=O) groups excluding carboxylic acids is 2. The molecule has 0 radical (unpaired) electrons. The first kappa shape index (κ1) is 18.4. The molecule has 3 rings (SSSR count). The molecular formula is C19H23N3O3S. The fraction of sp³-hybridized carbons (Fsp3) is 0.421. The number of anilines is 1. The lowest BCUT2D eigenvalue weighted by atomic mass is 10.1. The number of hydrogen-bond donors (Lipinski definition) is 1. The Balaban J connectivity index is 1.70. The molecule has 2 amide bonds. The number of aromatic nitrogens is 1. The molecule has 1 aromatic heterocycles. The third kappa shape index (κ3) is 4.22. The molecule has 1 aromatic carbocycles. The Kier molecular flexibility index (Phi) is 5.56. The van der Waals surface area contributed by atoms with Crippen LogP contribution >= 0.6 is 11.3 Å². The first-order valence-corrected chi connectivity index (χ1v) is 9.58. The van der Waals surface area contributed by atoms with Gasteiger partial charge in [-0.1, -0.05) is 19.9 Å². The molecule has 1 N–H and O–H groups in total. The van der Waals surface area contributed by atoms with E-state index >= 15 is 0 Å². The van der Waals surface area contributed by atoms with Crippen LogP contribution < -0.4 is 15.0 Å². The lowest BCUT2D eigenvalue weighted by molar-refractivity contribution is -0.121. The van der Waals surface area contributed by atoms with Crippen molar-refractivity contribution in [2.75, 3.05) is 18.1 Å². The van der Waals surface area contributed by atoms with Crippen LogP contribution in [0.4, 0.5) is 5.69 Å². The van der Waals surface area contributed by atoms with Gasteiger partial charge < -0.3 is 10.1 Å². The van der Waals surface area contributed by atoms with Crippen LogP contribution in [0.2, 0.25) is 0 Å². The van der Waals surface area contributed by atoms with Crippen LogP contribution in [0.5, 0.6) is 5.75 Å². The number of ether oxygens (including phenoxy) is 1. The van der Waals surface area contributed by atoms with Gasteiger partial charge in [-0.25, -0.2) is 4.98 Å². The Hall–Kier alpha value is -2.41. The summed E-state index contributed by atoms with van der Waals surface area (Å²) in [6.45, 7) is 7.20. The van der Waals surface area contributed by atoms with Crippen LogP contribution in [0.1, 0.15) is 41.3 Å². The molecule has 138 valence electrons. The van der Waals surface area contributed by atoms with Crippen molar-refractivity contribution in [3.05, 3.63) is 39.8 Å². The fourth-order valence-corrected chi connectivity index (χ4v) is 3.44. The van der Waals surface area contributed by atoms with Crippen LogP contribution in [0.25, 0.3) is 0 Å². The summed E-state index contributed by atoms with van der Waals surface area (Å²) >= 11 is 1.39. The number of carbonyl (C=O) groups is 2. The van der Waals surface area contributed by atoms with E-state index in [0.29, 0.717) is 30.5 Å². The number of amides is 2. The molecule has 26 heavy (non-hydrogen) atoms. The van der Waals surface area contributed by atoms with E-state index < -0.39 is 0 Å². The van der Waals surface area contributed by atoms with Gasteiger partial charge in [0, 0.05) is 11.9 Å². The van der Waals surface area contributed by atoms with Crippen LogP contribution in [0, 0.1) is 12.8 Å². The molecule has 0 spiro atoms. The maximum absolute atomic E-state index is 12.3. The van der Waals surface area contributed by atoms with Crippen molar-refractivity contribution >= 4 is 28.8 Å². The molecule has 1 aliphatic rings. The zero-order valence-corrected chi connectivity index (χ0v) is 16.1. The predicted octanol–water partition coefficient (Wildman–Crippen LogP) is 3.15. The van der Waals surface area contributed by atoms with E-state index in [2.05, 4.69) is 24.1 Å². The SMILES string of the molecule is Cc1ccc2c(c1)N(Cc1nc(C(=O)NCCC(C)C)cs1)C(=O)CO2. The van der Waals surface area contributed by atoms with Gasteiger partial charge in [0.2, 0.25) is 0 Å². The maximum Gasteiger partial charge on any atom is 0.270 e. The number of fused-ring (bicyclic) bond motifs is 1. The molecule has 0 unspecified atom stereocenters. The second-order valence-corrected chi connectivity index (χ2v) is 7.75. The lowest BCUT2D eigenvalue weighted by Crippen LogP contribution is -2.38. The summed E-state index contributed by atoms with van der Waals surface area (Å²) in [4.78, 5) is 30.6. The molecule has 0 atom stereocenters. The van der Waals surface area contributed by atoms with E-state index in [4.69, 9.17) is 4.74 Å². The van der Waals surface area contributed by atoms with Crippen molar-refractivity contribution < 1.29 is 14.3 Å². The molecule has 2 heterocycles. The van der Waals surface area contributed by atoms with Gasteiger partial charge in [-0.15, -0.1) is 11.3 Å². The largest absolute Gasteiger partial charge is 0.482 e. The molecule has 0 fully saturated rings. The molecule has 2 aromatic rings. The summed E-state index contributed by atoms with van der Waals surface area (Å²) in [5.41, 5.74) is 2.20. The van der Waals surface area contributed by atoms with Crippen molar-refractivity contribution in [2.45, 2.75) is 33.7 Å². The average Bonchev–Trinajstić information content (AvgIpc) is 3.06. The summed E-state index contributed by atoms with van der Waals surface area (Å²) < 4.78 is 5.49. The van der Waals surface area contributed by atoms with Crippen LogP contribution in [-0.2, 0) is 11.3 Å². The van der Waals surface area contributed by atoms with Crippen LogP contribution in [-0.4, -0.2) is 29.9 Å². The second kappa shape index (κ2) is 7.86. The van der Waals surface area contributed by atoms with Gasteiger partial charge in [0.1, 0.15) is 16.5 Å². The fourth-order valence-electron chi connectivity index (χ4n) is 2.67. The number of benzene rings is 1. The van der Waals surface area contributed by atoms with E-state index in [1.165, 1.54) is 11.3 Å². The van der Waals surface area contributed by atoms with Gasteiger partial charge >= 0.3 is 0 Å². The third-order valence-electron chi connectivity index (χ3n) is 4.14. The Bertz CT molecular complexity index is 816. The maximum atomic E-state index is 12.3. The predicted molar refractivity (Wildman–Crippen MR) is 102 cm³/mol. The topological polar surface area (TPSA) is 71.5 Å². The second-order valence-electron chi connectivity index (χ2n) is 6.80. The molecule has 6 nitrogen and oxygen atoms in total. The van der Waals surface area contributed by atoms with Crippen LogP contribution in [0.3, 0.4) is 0 Å². The van der Waals surface area contributed by atoms with E-state index in [9.17, 15) is 9.59 Å². The molecule has 1 aliphatic heterocycles. The van der Waals surface area contributed by atoms with Gasteiger partial charge in [0.15, 0.2) is 6.61 Å². The van der Waals surface area contributed by atoms with E-state index in [-0.39, 0.29) is 18.4 Å². The number of rotatable bonds is 6. The lowest BCUT2D eigenvalue weighted by Gasteiger charge is -2.29. The highest BCUT2D eigenvalue weighted by molar-refractivity contribution is 7.09. The summed E-state index contributed by atoms with van der Waals surface area (Å²) in [5, 5.41) is 5.35. The van der Waals surface area contributed by atoms with Gasteiger partial charge in [0.25, 0.3) is 11.8 Å². The highest BCUT2D eigenvalue weighted by Gasteiger charge is 2.26. The normalized spacial score (nSPS) is 13.5. The Morgan fingerprint density at radius 2 is 2.23 bits per heavy atom. The van der Waals surface area contributed by atoms with Gasteiger partial charge in [0.05, 0.1) is 12.2 Å². The number of thiazole rings is 1. The third-order valence-corrected chi connectivity index (χ3v) is 4.98. The summed E-state index contributed by atoms with van der Waals surface area (Å²) in [6.07, 6.45) is 0.932. The van der Waals surface area contributed by atoms with Gasteiger partial charge in [-0.3, -0.25) is 14.5 Å². The van der Waals surface area contributed by atoms with E-state index in [1.54, 1.807) is 10.3 Å². The molecular weight excluding hydrogens is 350 g/mol. The zero-order chi connectivity index (χ0) is 18.7. The van der Waals surface area contributed by atoms with E-state index in [1.807, 2.05) is 25.1 Å². The Morgan fingerprint density at radius 3 is 3.00 bits per heavy atom. The minimum absolute atomic E-state index is 0.0178. The van der Waals surface area contributed by atoms with Crippen LogP contribution in [0.15, 0.2) is 23.6 Å². The molecule has 7 heteroatoms. The molecule has 0 aliphatic carbocycles. The molecule has 0 saturated heterocycles. The monoisotopic (exact) mass is 373 g/mol. The first-order valence-electron chi connectivity index (χ1n) is 8.70. The quantitative estimate of drug-likeness (QED) is 0.844. The zero-order valence-electron chi connectivity index (χ0n) is 15.2. The minimum Gasteiger partial charge on any atom is -0.482 e. The smallest absolute Gasteiger partial charge is 0.270 e. The van der Waals surface area contributed by atoms with Crippen molar-refractivity contribution in [1.29, 1.82) is 0 Å². The van der Waals surface area contributed by atoms with Gasteiger partial charge in [-0.2, -0.15) is 0 Å². The average molecular weight is 373 g/mol. The summed E-state index contributed by atoms with van der Waals surface area (Å²) in [7, 11) is 0. The van der Waals surface area contributed by atoms with Gasteiger partial charge in [-0.05, 0) is 37.0 Å². The number of aryl methyl sites for hydroxylation is 1. The first-order chi connectivity index (χ1) is 12.4. The highest BCUT2D eigenvalue weighted by Crippen LogP contribution is 2.34. The van der Waals surface area contributed by atoms with Crippen molar-refractivity contribution in [3.8, 4) is 5.75 Å². The molecule has 0 bridgehead atoms. The van der Waals surface area contributed by atoms with Crippen molar-refractivity contribution in [1.82, 2.24) is 10.3 Å². The highest BCUT2D eigenvalue weighted by atomic mass is 32.1. The number of nitrogens with zero attached hydrogens (tertiary/aromatic N) is 2.